The van der Waals surface area contributed by atoms with Crippen molar-refractivity contribution in [1.82, 2.24) is 0 Å². The standard InChI is InChI=1S/C11H14Cl2N2/c1-6(12)9(7-2-3-7)10(8-4-5-8)11(13)15-14/h7-8H,1-5,14H2/b10-9+,15-11+. The molecule has 0 aromatic carbocycles. The third-order valence-corrected chi connectivity index (χ3v) is 3.39. The van der Waals surface area contributed by atoms with Crippen molar-refractivity contribution in [2.75, 3.05) is 0 Å². The molecule has 0 radical (unpaired) electrons. The molecule has 0 heterocycles. The van der Waals surface area contributed by atoms with Crippen LogP contribution in [-0.4, -0.2) is 5.17 Å². The van der Waals surface area contributed by atoms with Crippen molar-refractivity contribution < 1.29 is 0 Å². The number of hydrogen-bond acceptors (Lipinski definition) is 2. The van der Waals surface area contributed by atoms with Gasteiger partial charge in [0.1, 0.15) is 0 Å². The number of nitrogens with zero attached hydrogens (tertiary/aromatic N) is 1. The van der Waals surface area contributed by atoms with Crippen LogP contribution in [0.1, 0.15) is 25.7 Å². The zero-order chi connectivity index (χ0) is 11.0. The van der Waals surface area contributed by atoms with E-state index in [0.29, 0.717) is 22.0 Å². The minimum atomic E-state index is 0.404. The fraction of sp³-hybridized carbons (Fsp3) is 0.545. The maximum atomic E-state index is 6.04. The Kier molecular flexibility index (Phi) is 3.08. The second kappa shape index (κ2) is 4.18. The monoisotopic (exact) mass is 244 g/mol. The molecule has 0 aliphatic heterocycles. The molecule has 0 amide bonds. The number of hydrogen-bond donors (Lipinski definition) is 1. The number of hydrazone groups is 1. The van der Waals surface area contributed by atoms with Gasteiger partial charge in [-0.05, 0) is 48.7 Å². The molecule has 15 heavy (non-hydrogen) atoms. The summed E-state index contributed by atoms with van der Waals surface area (Å²) in [5.74, 6) is 6.27. The van der Waals surface area contributed by atoms with E-state index in [2.05, 4.69) is 11.7 Å². The highest BCUT2D eigenvalue weighted by molar-refractivity contribution is 6.69. The Morgan fingerprint density at radius 3 is 1.87 bits per heavy atom. The maximum absolute atomic E-state index is 6.04. The summed E-state index contributed by atoms with van der Waals surface area (Å²) in [6, 6.07) is 0. The molecule has 2 saturated carbocycles. The summed E-state index contributed by atoms with van der Waals surface area (Å²) in [7, 11) is 0. The quantitative estimate of drug-likeness (QED) is 0.350. The van der Waals surface area contributed by atoms with Crippen LogP contribution in [0, 0.1) is 11.8 Å². The number of halogens is 2. The van der Waals surface area contributed by atoms with Crippen LogP contribution in [-0.2, 0) is 0 Å². The highest BCUT2D eigenvalue weighted by atomic mass is 35.5. The summed E-state index contributed by atoms with van der Waals surface area (Å²) in [5, 5.41) is 4.59. The van der Waals surface area contributed by atoms with Crippen molar-refractivity contribution in [2.45, 2.75) is 25.7 Å². The Bertz CT molecular complexity index is 350. The van der Waals surface area contributed by atoms with E-state index in [1.54, 1.807) is 0 Å². The van der Waals surface area contributed by atoms with Gasteiger partial charge in [0.25, 0.3) is 0 Å². The summed E-state index contributed by atoms with van der Waals surface area (Å²) < 4.78 is 0. The molecular weight excluding hydrogens is 231 g/mol. The Hall–Kier alpha value is -0.470. The summed E-state index contributed by atoms with van der Waals surface area (Å²) in [5.41, 5.74) is 2.14. The van der Waals surface area contributed by atoms with Crippen LogP contribution < -0.4 is 5.84 Å². The molecule has 2 N–H and O–H groups in total. The topological polar surface area (TPSA) is 38.4 Å². The van der Waals surface area contributed by atoms with Crippen molar-refractivity contribution in [3.8, 4) is 0 Å². The van der Waals surface area contributed by atoms with Crippen molar-refractivity contribution in [3.63, 3.8) is 0 Å². The van der Waals surface area contributed by atoms with Crippen molar-refractivity contribution >= 4 is 28.4 Å². The van der Waals surface area contributed by atoms with Crippen LogP contribution >= 0.6 is 23.2 Å². The van der Waals surface area contributed by atoms with Crippen molar-refractivity contribution in [3.05, 3.63) is 22.8 Å². The van der Waals surface area contributed by atoms with Crippen molar-refractivity contribution in [1.29, 1.82) is 0 Å². The lowest BCUT2D eigenvalue weighted by molar-refractivity contribution is 0.959. The largest absolute Gasteiger partial charge is 0.322 e. The lowest BCUT2D eigenvalue weighted by Gasteiger charge is -2.11. The first-order valence-corrected chi connectivity index (χ1v) is 5.93. The van der Waals surface area contributed by atoms with E-state index < -0.39 is 0 Å². The Labute approximate surface area is 99.8 Å². The molecule has 2 aliphatic carbocycles. The average Bonchev–Trinajstić information content (AvgIpc) is 3.00. The van der Waals surface area contributed by atoms with Crippen LogP contribution in [0.15, 0.2) is 27.9 Å². The predicted molar refractivity (Wildman–Crippen MR) is 64.9 cm³/mol. The first-order chi connectivity index (χ1) is 7.15. The fourth-order valence-electron chi connectivity index (χ4n) is 1.90. The summed E-state index contributed by atoms with van der Waals surface area (Å²) in [6.45, 7) is 3.82. The van der Waals surface area contributed by atoms with E-state index in [1.807, 2.05) is 0 Å². The summed E-state index contributed by atoms with van der Waals surface area (Å²) in [6.07, 6.45) is 4.65. The molecule has 4 heteroatoms. The molecule has 2 nitrogen and oxygen atoms in total. The molecule has 0 bridgehead atoms. The molecular formula is C11H14Cl2N2. The van der Waals surface area contributed by atoms with Crippen molar-refractivity contribution in [2.24, 2.45) is 22.8 Å². The first kappa shape index (κ1) is 11.0. The van der Waals surface area contributed by atoms with Gasteiger partial charge < -0.3 is 5.84 Å². The van der Waals surface area contributed by atoms with Crippen LogP contribution in [0.4, 0.5) is 0 Å². The minimum absolute atomic E-state index is 0.404. The van der Waals surface area contributed by atoms with Gasteiger partial charge in [-0.2, -0.15) is 5.10 Å². The van der Waals surface area contributed by atoms with E-state index in [0.717, 1.165) is 24.0 Å². The molecule has 2 aliphatic rings. The molecule has 0 spiro atoms. The Morgan fingerprint density at radius 1 is 1.07 bits per heavy atom. The lowest BCUT2D eigenvalue weighted by atomic mass is 10.0. The molecule has 2 fully saturated rings. The molecule has 2 rings (SSSR count). The SMILES string of the molecule is C=C(Cl)/C(=C(\C(Cl)=N/N)C1CC1)C1CC1. The third kappa shape index (κ3) is 2.37. The van der Waals surface area contributed by atoms with E-state index in [4.69, 9.17) is 29.0 Å². The van der Waals surface area contributed by atoms with Gasteiger partial charge in [0.05, 0.1) is 0 Å². The molecule has 0 unspecified atom stereocenters. The van der Waals surface area contributed by atoms with Gasteiger partial charge in [-0.1, -0.05) is 29.8 Å². The first-order valence-electron chi connectivity index (χ1n) is 5.17. The molecule has 0 atom stereocenters. The van der Waals surface area contributed by atoms with Crippen LogP contribution in [0.25, 0.3) is 0 Å². The van der Waals surface area contributed by atoms with Crippen LogP contribution in [0.2, 0.25) is 0 Å². The Balaban J connectivity index is 2.40. The van der Waals surface area contributed by atoms with Gasteiger partial charge in [-0.3, -0.25) is 0 Å². The number of rotatable bonds is 4. The number of allylic oxidation sites excluding steroid dienone is 3. The molecule has 0 aromatic rings. The Morgan fingerprint density at radius 2 is 1.53 bits per heavy atom. The molecule has 82 valence electrons. The van der Waals surface area contributed by atoms with Gasteiger partial charge >= 0.3 is 0 Å². The highest BCUT2D eigenvalue weighted by Crippen LogP contribution is 2.48. The van der Waals surface area contributed by atoms with Crippen LogP contribution in [0.5, 0.6) is 0 Å². The van der Waals surface area contributed by atoms with Gasteiger partial charge in [0.2, 0.25) is 0 Å². The van der Waals surface area contributed by atoms with E-state index in [9.17, 15) is 0 Å². The van der Waals surface area contributed by atoms with E-state index in [1.165, 1.54) is 12.8 Å². The normalized spacial score (nSPS) is 23.7. The van der Waals surface area contributed by atoms with Gasteiger partial charge in [-0.15, -0.1) is 0 Å². The highest BCUT2D eigenvalue weighted by Gasteiger charge is 2.37. The maximum Gasteiger partial charge on any atom is 0.152 e. The summed E-state index contributed by atoms with van der Waals surface area (Å²) in [4.78, 5) is 0. The van der Waals surface area contributed by atoms with Gasteiger partial charge in [0, 0.05) is 5.03 Å². The third-order valence-electron chi connectivity index (χ3n) is 2.89. The molecule has 0 aromatic heterocycles. The average molecular weight is 245 g/mol. The lowest BCUT2D eigenvalue weighted by Crippen LogP contribution is -2.06. The van der Waals surface area contributed by atoms with Gasteiger partial charge in [-0.25, -0.2) is 0 Å². The second-order valence-corrected chi connectivity index (χ2v) is 5.01. The number of nitrogens with two attached hydrogens (primary N) is 1. The fourth-order valence-corrected chi connectivity index (χ4v) is 2.41. The molecule has 0 saturated heterocycles. The smallest absolute Gasteiger partial charge is 0.152 e. The predicted octanol–water partition coefficient (Wildman–Crippen LogP) is 3.37. The van der Waals surface area contributed by atoms with Gasteiger partial charge in [0.15, 0.2) is 5.17 Å². The van der Waals surface area contributed by atoms with E-state index in [-0.39, 0.29) is 0 Å². The minimum Gasteiger partial charge on any atom is -0.322 e. The second-order valence-electron chi connectivity index (χ2n) is 4.20. The zero-order valence-electron chi connectivity index (χ0n) is 8.47. The van der Waals surface area contributed by atoms with E-state index >= 15 is 0 Å². The van der Waals surface area contributed by atoms with Crippen LogP contribution in [0.3, 0.4) is 0 Å². The summed E-state index contributed by atoms with van der Waals surface area (Å²) >= 11 is 12.1. The zero-order valence-corrected chi connectivity index (χ0v) is 9.98.